The lowest BCUT2D eigenvalue weighted by Gasteiger charge is -2.33. The number of carbonyl (C=O) groups is 1. The third kappa shape index (κ3) is 2.73. The molecule has 0 aliphatic carbocycles. The fraction of sp³-hybridized carbons (Fsp3) is 0.588. The molecule has 1 fully saturated rings. The molecule has 4 heterocycles. The molecule has 0 bridgehead atoms. The molecule has 128 valence electrons. The second kappa shape index (κ2) is 6.05. The quantitative estimate of drug-likeness (QED) is 0.852. The van der Waals surface area contributed by atoms with Crippen LogP contribution in [0.15, 0.2) is 16.9 Å². The molecule has 2 aliphatic rings. The molecule has 1 saturated heterocycles. The third-order valence-corrected chi connectivity index (χ3v) is 4.98. The van der Waals surface area contributed by atoms with Crippen LogP contribution in [0.1, 0.15) is 41.6 Å². The fourth-order valence-corrected chi connectivity index (χ4v) is 3.87. The summed E-state index contributed by atoms with van der Waals surface area (Å²) >= 11 is 0. The minimum absolute atomic E-state index is 0.146. The lowest BCUT2D eigenvalue weighted by atomic mass is 9.96. The van der Waals surface area contributed by atoms with E-state index < -0.39 is 0 Å². The van der Waals surface area contributed by atoms with E-state index in [1.54, 1.807) is 0 Å². The predicted molar refractivity (Wildman–Crippen MR) is 87.1 cm³/mol. The summed E-state index contributed by atoms with van der Waals surface area (Å²) in [5.74, 6) is 0.899. The van der Waals surface area contributed by atoms with Crippen molar-refractivity contribution >= 4 is 5.91 Å². The molecule has 0 unspecified atom stereocenters. The first kappa shape index (κ1) is 15.4. The average Bonchev–Trinajstić information content (AvgIpc) is 3.29. The highest BCUT2D eigenvalue weighted by atomic mass is 16.5. The smallest absolute Gasteiger partial charge is 0.233 e. The first-order chi connectivity index (χ1) is 11.6. The van der Waals surface area contributed by atoms with Gasteiger partial charge in [0, 0.05) is 45.8 Å². The molecule has 24 heavy (non-hydrogen) atoms. The first-order valence-corrected chi connectivity index (χ1v) is 8.55. The highest BCUT2D eigenvalue weighted by molar-refractivity contribution is 5.84. The predicted octanol–water partition coefficient (Wildman–Crippen LogP) is 1.44. The Bertz CT molecular complexity index is 744. The standard InChI is InChI=1S/C17H23N5O2/c1-12-7-13(19-24-12)8-21-9-14(17(23)22-5-3-4-6-22)16-15(10-21)18-11-20(16)2/h7,11,14H,3-6,8-10H2,1-2H3/t14-/m1/s1. The van der Waals surface area contributed by atoms with Crippen LogP contribution < -0.4 is 0 Å². The van der Waals surface area contributed by atoms with Gasteiger partial charge in [-0.3, -0.25) is 9.69 Å². The van der Waals surface area contributed by atoms with Crippen molar-refractivity contribution in [1.29, 1.82) is 0 Å². The molecule has 7 nitrogen and oxygen atoms in total. The van der Waals surface area contributed by atoms with Crippen molar-refractivity contribution in [2.45, 2.75) is 38.8 Å². The molecule has 0 radical (unpaired) electrons. The summed E-state index contributed by atoms with van der Waals surface area (Å²) in [6.07, 6.45) is 4.04. The van der Waals surface area contributed by atoms with Gasteiger partial charge < -0.3 is 14.0 Å². The van der Waals surface area contributed by atoms with Gasteiger partial charge >= 0.3 is 0 Å². The number of amides is 1. The number of carbonyl (C=O) groups excluding carboxylic acids is 1. The molecule has 0 saturated carbocycles. The second-order valence-corrected chi connectivity index (χ2v) is 6.87. The van der Waals surface area contributed by atoms with Gasteiger partial charge in [-0.2, -0.15) is 0 Å². The number of aromatic nitrogens is 3. The van der Waals surface area contributed by atoms with Crippen LogP contribution in [-0.4, -0.2) is 50.0 Å². The molecule has 1 amide bonds. The second-order valence-electron chi connectivity index (χ2n) is 6.87. The summed E-state index contributed by atoms with van der Waals surface area (Å²) < 4.78 is 7.17. The number of imidazole rings is 1. The van der Waals surface area contributed by atoms with Crippen LogP contribution in [0.5, 0.6) is 0 Å². The number of aryl methyl sites for hydroxylation is 2. The van der Waals surface area contributed by atoms with Gasteiger partial charge in [0.15, 0.2) is 0 Å². The zero-order valence-electron chi connectivity index (χ0n) is 14.2. The largest absolute Gasteiger partial charge is 0.361 e. The van der Waals surface area contributed by atoms with Gasteiger partial charge in [0.1, 0.15) is 5.76 Å². The minimum Gasteiger partial charge on any atom is -0.361 e. The van der Waals surface area contributed by atoms with E-state index in [1.165, 1.54) is 0 Å². The van der Waals surface area contributed by atoms with Gasteiger partial charge in [-0.05, 0) is 19.8 Å². The van der Waals surface area contributed by atoms with Gasteiger partial charge in [0.25, 0.3) is 0 Å². The van der Waals surface area contributed by atoms with E-state index in [4.69, 9.17) is 4.52 Å². The lowest BCUT2D eigenvalue weighted by molar-refractivity contribution is -0.132. The Balaban J connectivity index is 1.59. The first-order valence-electron chi connectivity index (χ1n) is 8.55. The van der Waals surface area contributed by atoms with Crippen molar-refractivity contribution in [3.8, 4) is 0 Å². The number of hydrogen-bond acceptors (Lipinski definition) is 5. The van der Waals surface area contributed by atoms with Crippen LogP contribution >= 0.6 is 0 Å². The van der Waals surface area contributed by atoms with E-state index in [0.717, 1.165) is 55.3 Å². The topological polar surface area (TPSA) is 67.4 Å². The molecule has 2 aromatic rings. The number of rotatable bonds is 3. The van der Waals surface area contributed by atoms with Crippen LogP contribution in [0.3, 0.4) is 0 Å². The molecular weight excluding hydrogens is 306 g/mol. The Kier molecular flexibility index (Phi) is 3.88. The van der Waals surface area contributed by atoms with E-state index >= 15 is 0 Å². The monoisotopic (exact) mass is 329 g/mol. The van der Waals surface area contributed by atoms with Crippen molar-refractivity contribution < 1.29 is 9.32 Å². The molecule has 2 aromatic heterocycles. The summed E-state index contributed by atoms with van der Waals surface area (Å²) in [4.78, 5) is 21.8. The lowest BCUT2D eigenvalue weighted by Crippen LogP contribution is -2.42. The van der Waals surface area contributed by atoms with Crippen LogP contribution in [-0.2, 0) is 24.9 Å². The molecule has 2 aliphatic heterocycles. The van der Waals surface area contributed by atoms with Gasteiger partial charge in [0.2, 0.25) is 5.91 Å². The van der Waals surface area contributed by atoms with E-state index in [0.29, 0.717) is 13.1 Å². The Hall–Kier alpha value is -2.15. The maximum atomic E-state index is 13.0. The van der Waals surface area contributed by atoms with Gasteiger partial charge in [-0.1, -0.05) is 5.16 Å². The van der Waals surface area contributed by atoms with Crippen LogP contribution in [0.2, 0.25) is 0 Å². The maximum Gasteiger partial charge on any atom is 0.233 e. The minimum atomic E-state index is -0.146. The highest BCUT2D eigenvalue weighted by Gasteiger charge is 2.36. The summed E-state index contributed by atoms with van der Waals surface area (Å²) in [6, 6.07) is 1.95. The Morgan fingerprint density at radius 3 is 2.88 bits per heavy atom. The fourth-order valence-electron chi connectivity index (χ4n) is 3.87. The maximum absolute atomic E-state index is 13.0. The molecule has 1 atom stereocenters. The zero-order valence-corrected chi connectivity index (χ0v) is 14.2. The van der Waals surface area contributed by atoms with E-state index in [9.17, 15) is 4.79 Å². The summed E-state index contributed by atoms with van der Waals surface area (Å²) in [6.45, 7) is 5.77. The van der Waals surface area contributed by atoms with E-state index in [-0.39, 0.29) is 11.8 Å². The van der Waals surface area contributed by atoms with Crippen molar-refractivity contribution in [3.63, 3.8) is 0 Å². The van der Waals surface area contributed by atoms with Crippen LogP contribution in [0.25, 0.3) is 0 Å². The number of hydrogen-bond donors (Lipinski definition) is 0. The molecule has 7 heteroatoms. The number of likely N-dealkylation sites (tertiary alicyclic amines) is 1. The molecule has 0 N–H and O–H groups in total. The molecule has 4 rings (SSSR count). The van der Waals surface area contributed by atoms with Gasteiger partial charge in [-0.25, -0.2) is 4.98 Å². The Morgan fingerprint density at radius 2 is 2.17 bits per heavy atom. The van der Waals surface area contributed by atoms with Gasteiger partial charge in [-0.15, -0.1) is 0 Å². The van der Waals surface area contributed by atoms with E-state index in [2.05, 4.69) is 15.0 Å². The normalized spacial score (nSPS) is 21.2. The Labute approximate surface area is 141 Å². The van der Waals surface area contributed by atoms with Crippen LogP contribution in [0.4, 0.5) is 0 Å². The average molecular weight is 329 g/mol. The van der Waals surface area contributed by atoms with Gasteiger partial charge in [0.05, 0.1) is 29.3 Å². The SMILES string of the molecule is Cc1cc(CN2Cc3ncn(C)c3[C@H](C(=O)N3CCCC3)C2)no1. The number of nitrogens with zero attached hydrogens (tertiary/aromatic N) is 5. The van der Waals surface area contributed by atoms with Crippen molar-refractivity contribution in [2.75, 3.05) is 19.6 Å². The number of fused-ring (bicyclic) bond motifs is 1. The molecule has 0 aromatic carbocycles. The molecule has 0 spiro atoms. The Morgan fingerprint density at radius 1 is 1.38 bits per heavy atom. The highest BCUT2D eigenvalue weighted by Crippen LogP contribution is 2.30. The van der Waals surface area contributed by atoms with Crippen molar-refractivity contribution in [3.05, 3.63) is 35.2 Å². The molecular formula is C17H23N5O2. The van der Waals surface area contributed by atoms with Crippen molar-refractivity contribution in [1.82, 2.24) is 24.5 Å². The summed E-state index contributed by atoms with van der Waals surface area (Å²) in [5, 5.41) is 4.08. The summed E-state index contributed by atoms with van der Waals surface area (Å²) in [5.41, 5.74) is 2.97. The van der Waals surface area contributed by atoms with Crippen LogP contribution in [0, 0.1) is 6.92 Å². The summed E-state index contributed by atoms with van der Waals surface area (Å²) in [7, 11) is 1.98. The van der Waals surface area contributed by atoms with Crippen molar-refractivity contribution in [2.24, 2.45) is 7.05 Å². The zero-order chi connectivity index (χ0) is 16.7. The van der Waals surface area contributed by atoms with E-state index in [1.807, 2.05) is 35.8 Å². The third-order valence-electron chi connectivity index (χ3n) is 4.98.